The summed E-state index contributed by atoms with van der Waals surface area (Å²) in [5.41, 5.74) is 9.28. The Kier molecular flexibility index (Phi) is 9.08. The molecule has 0 amide bonds. The molecular weight excluding hydrogens is 535 g/mol. The second-order valence-corrected chi connectivity index (χ2v) is 8.29. The lowest BCUT2D eigenvalue weighted by molar-refractivity contribution is -0.192. The molecule has 0 spiro atoms. The van der Waals surface area contributed by atoms with Gasteiger partial charge in [-0.25, -0.2) is 14.8 Å². The van der Waals surface area contributed by atoms with Crippen LogP contribution in [0.4, 0.5) is 19.0 Å². The molecule has 15 heteroatoms. The van der Waals surface area contributed by atoms with Crippen molar-refractivity contribution in [2.75, 3.05) is 20.0 Å². The number of carbonyl (C=O) groups is 1. The number of aromatic nitrogens is 6. The van der Waals surface area contributed by atoms with E-state index < -0.39 is 12.1 Å². The van der Waals surface area contributed by atoms with E-state index in [-0.39, 0.29) is 11.4 Å². The number of alkyl halides is 3. The summed E-state index contributed by atoms with van der Waals surface area (Å²) in [5, 5.41) is 15.9. The van der Waals surface area contributed by atoms with Gasteiger partial charge in [0.25, 0.3) is 5.56 Å². The average Bonchev–Trinajstić information content (AvgIpc) is 3.35. The number of carboxylic acid groups (broad SMARTS) is 1. The Morgan fingerprint density at radius 3 is 2.20 bits per heavy atom. The van der Waals surface area contributed by atoms with Crippen LogP contribution in [0.15, 0.2) is 47.7 Å². The zero-order valence-electron chi connectivity index (χ0n) is 21.9. The summed E-state index contributed by atoms with van der Waals surface area (Å²) in [6.07, 6.45) is 1.40. The fourth-order valence-electron chi connectivity index (χ4n) is 3.48. The number of methoxy groups -OCH3 is 2. The highest BCUT2D eigenvalue weighted by Gasteiger charge is 2.38. The van der Waals surface area contributed by atoms with E-state index >= 15 is 0 Å². The van der Waals surface area contributed by atoms with E-state index in [9.17, 15) is 18.0 Å². The molecule has 0 radical (unpaired) electrons. The van der Waals surface area contributed by atoms with Crippen LogP contribution in [0.2, 0.25) is 0 Å². The van der Waals surface area contributed by atoms with Crippen LogP contribution in [-0.2, 0) is 18.3 Å². The van der Waals surface area contributed by atoms with Gasteiger partial charge in [0, 0.05) is 42.6 Å². The molecule has 0 atom stereocenters. The molecule has 3 heterocycles. The fraction of sp³-hybridized carbons (Fsp3) is 0.280. The van der Waals surface area contributed by atoms with Crippen molar-refractivity contribution in [3.63, 3.8) is 0 Å². The smallest absolute Gasteiger partial charge is 0.490 e. The first-order valence-electron chi connectivity index (χ1n) is 11.7. The number of hydrogen-bond donors (Lipinski definition) is 2. The summed E-state index contributed by atoms with van der Waals surface area (Å²) in [6.45, 7) is 2.01. The van der Waals surface area contributed by atoms with Crippen molar-refractivity contribution < 1.29 is 32.5 Å². The van der Waals surface area contributed by atoms with E-state index in [0.29, 0.717) is 46.3 Å². The van der Waals surface area contributed by atoms with E-state index in [0.717, 1.165) is 12.0 Å². The van der Waals surface area contributed by atoms with Crippen molar-refractivity contribution in [3.8, 4) is 39.8 Å². The number of carboxylic acids is 1. The molecule has 0 aliphatic rings. The van der Waals surface area contributed by atoms with Gasteiger partial charge >= 0.3 is 12.1 Å². The largest absolute Gasteiger partial charge is 0.497 e. The predicted octanol–water partition coefficient (Wildman–Crippen LogP) is 3.28. The summed E-state index contributed by atoms with van der Waals surface area (Å²) in [4.78, 5) is 31.2. The number of hydrogen-bond acceptors (Lipinski definition) is 9. The molecule has 3 aromatic heterocycles. The van der Waals surface area contributed by atoms with E-state index in [1.54, 1.807) is 55.6 Å². The maximum Gasteiger partial charge on any atom is 0.490 e. The summed E-state index contributed by atoms with van der Waals surface area (Å²) in [6, 6.07) is 6.90. The summed E-state index contributed by atoms with van der Waals surface area (Å²) in [5.74, 6) is -1.46. The van der Waals surface area contributed by atoms with Gasteiger partial charge < -0.3 is 20.3 Å². The van der Waals surface area contributed by atoms with Gasteiger partial charge in [0.2, 0.25) is 0 Å². The lowest BCUT2D eigenvalue weighted by atomic mass is 10.1. The van der Waals surface area contributed by atoms with Crippen molar-refractivity contribution in [1.29, 1.82) is 0 Å². The first kappa shape index (κ1) is 29.6. The van der Waals surface area contributed by atoms with E-state index in [4.69, 9.17) is 30.1 Å². The Labute approximate surface area is 225 Å². The molecule has 0 unspecified atom stereocenters. The van der Waals surface area contributed by atoms with Crippen molar-refractivity contribution in [1.82, 2.24) is 29.5 Å². The Morgan fingerprint density at radius 1 is 1.07 bits per heavy atom. The Morgan fingerprint density at radius 2 is 1.70 bits per heavy atom. The van der Waals surface area contributed by atoms with Crippen LogP contribution in [0, 0.1) is 0 Å². The number of ether oxygens (including phenoxy) is 2. The first-order valence-corrected chi connectivity index (χ1v) is 11.7. The number of aryl methyl sites for hydroxylation is 2. The third-order valence-corrected chi connectivity index (χ3v) is 5.37. The SMILES string of the molecule is CCCc1cc(-c2nc(-c3cnn(C)c3)cnc2N)nn(-c2cc(OC)cc(OC)c2)c1=O.O=C(O)C(F)(F)F. The van der Waals surface area contributed by atoms with Gasteiger partial charge in [-0.1, -0.05) is 13.3 Å². The van der Waals surface area contributed by atoms with Crippen LogP contribution in [-0.4, -0.2) is 61.0 Å². The molecule has 4 rings (SSSR count). The van der Waals surface area contributed by atoms with Crippen LogP contribution >= 0.6 is 0 Å². The molecule has 12 nitrogen and oxygen atoms in total. The predicted molar refractivity (Wildman–Crippen MR) is 138 cm³/mol. The third kappa shape index (κ3) is 6.92. The van der Waals surface area contributed by atoms with Gasteiger partial charge in [-0.15, -0.1) is 0 Å². The summed E-state index contributed by atoms with van der Waals surface area (Å²) >= 11 is 0. The molecule has 40 heavy (non-hydrogen) atoms. The molecule has 3 N–H and O–H groups in total. The Bertz CT molecular complexity index is 1550. The second-order valence-electron chi connectivity index (χ2n) is 8.29. The number of halogens is 3. The van der Waals surface area contributed by atoms with Crippen molar-refractivity contribution >= 4 is 11.8 Å². The van der Waals surface area contributed by atoms with Gasteiger partial charge in [-0.2, -0.15) is 28.1 Å². The topological polar surface area (TPSA) is 160 Å². The van der Waals surface area contributed by atoms with Crippen molar-refractivity contribution in [3.05, 3.63) is 58.8 Å². The van der Waals surface area contributed by atoms with Crippen LogP contribution in [0.5, 0.6) is 11.5 Å². The minimum absolute atomic E-state index is 0.214. The number of nitrogens with zero attached hydrogens (tertiary/aromatic N) is 6. The molecule has 212 valence electrons. The number of nitrogen functional groups attached to an aromatic ring is 1. The van der Waals surface area contributed by atoms with Crippen LogP contribution in [0.1, 0.15) is 18.9 Å². The van der Waals surface area contributed by atoms with Gasteiger partial charge in [-0.05, 0) is 12.5 Å². The monoisotopic (exact) mass is 561 g/mol. The van der Waals surface area contributed by atoms with Crippen LogP contribution in [0.25, 0.3) is 28.3 Å². The minimum atomic E-state index is -5.08. The van der Waals surface area contributed by atoms with Gasteiger partial charge in [0.05, 0.1) is 38.0 Å². The van der Waals surface area contributed by atoms with Crippen LogP contribution < -0.4 is 20.8 Å². The highest BCUT2D eigenvalue weighted by molar-refractivity contribution is 5.73. The molecular formula is C25H26F3N7O5. The average molecular weight is 562 g/mol. The molecule has 1 aromatic carbocycles. The van der Waals surface area contributed by atoms with Gasteiger partial charge in [-0.3, -0.25) is 9.48 Å². The number of benzene rings is 1. The zero-order valence-corrected chi connectivity index (χ0v) is 21.9. The lowest BCUT2D eigenvalue weighted by Crippen LogP contribution is -2.25. The third-order valence-electron chi connectivity index (χ3n) is 5.37. The maximum absolute atomic E-state index is 13.3. The second kappa shape index (κ2) is 12.3. The Hall–Kier alpha value is -4.95. The first-order chi connectivity index (χ1) is 18.9. The zero-order chi connectivity index (χ0) is 29.6. The fourth-order valence-corrected chi connectivity index (χ4v) is 3.48. The van der Waals surface area contributed by atoms with E-state index in [1.165, 1.54) is 4.68 Å². The molecule has 0 aliphatic heterocycles. The Balaban J connectivity index is 0.000000559. The quantitative estimate of drug-likeness (QED) is 0.343. The number of anilines is 1. The molecule has 0 saturated carbocycles. The normalized spacial score (nSPS) is 11.0. The number of aliphatic carboxylic acids is 1. The molecule has 0 saturated heterocycles. The van der Waals surface area contributed by atoms with Gasteiger partial charge in [0.15, 0.2) is 5.82 Å². The molecule has 0 aliphatic carbocycles. The molecule has 0 bridgehead atoms. The minimum Gasteiger partial charge on any atom is -0.497 e. The van der Waals surface area contributed by atoms with Crippen LogP contribution in [0.3, 0.4) is 0 Å². The highest BCUT2D eigenvalue weighted by Crippen LogP contribution is 2.27. The lowest BCUT2D eigenvalue weighted by Gasteiger charge is -2.13. The maximum atomic E-state index is 13.3. The van der Waals surface area contributed by atoms with E-state index in [2.05, 4.69) is 15.2 Å². The number of nitrogens with two attached hydrogens (primary N) is 1. The van der Waals surface area contributed by atoms with Crippen molar-refractivity contribution in [2.45, 2.75) is 25.9 Å². The van der Waals surface area contributed by atoms with Gasteiger partial charge in [0.1, 0.15) is 22.9 Å². The number of rotatable bonds is 7. The summed E-state index contributed by atoms with van der Waals surface area (Å²) in [7, 11) is 4.92. The van der Waals surface area contributed by atoms with E-state index in [1.807, 2.05) is 20.2 Å². The highest BCUT2D eigenvalue weighted by atomic mass is 19.4. The molecule has 0 fully saturated rings. The molecule has 4 aromatic rings. The summed E-state index contributed by atoms with van der Waals surface area (Å²) < 4.78 is 45.5. The standard InChI is InChI=1S/C23H25N7O3.C2HF3O2/c1-5-6-14-7-19(21-22(24)25-12-20(27-21)15-11-26-29(2)13-15)28-30(23(14)31)16-8-17(32-3)10-18(9-16)33-4;3-2(4,5)1(6)7/h7-13H,5-6H2,1-4H3,(H2,24,25);(H,6,7). The van der Waals surface area contributed by atoms with Crippen molar-refractivity contribution in [2.24, 2.45) is 7.05 Å².